The molecule has 0 saturated heterocycles. The van der Waals surface area contributed by atoms with Gasteiger partial charge in [0.1, 0.15) is 0 Å². The highest BCUT2D eigenvalue weighted by atomic mass is 32.1. The first-order chi connectivity index (χ1) is 10.6. The molecule has 3 aromatic rings. The Kier molecular flexibility index (Phi) is 4.06. The zero-order chi connectivity index (χ0) is 15.5. The first-order valence-corrected chi connectivity index (χ1v) is 7.59. The van der Waals surface area contributed by atoms with Gasteiger partial charge in [0.2, 0.25) is 0 Å². The van der Waals surface area contributed by atoms with E-state index >= 15 is 0 Å². The average molecular weight is 310 g/mol. The minimum atomic E-state index is 0.602. The van der Waals surface area contributed by atoms with E-state index in [4.69, 9.17) is 12.2 Å². The van der Waals surface area contributed by atoms with E-state index in [-0.39, 0.29) is 0 Å². The van der Waals surface area contributed by atoms with Crippen molar-refractivity contribution in [2.24, 2.45) is 0 Å². The van der Waals surface area contributed by atoms with Crippen LogP contribution in [0.2, 0.25) is 0 Å². The van der Waals surface area contributed by atoms with Crippen molar-refractivity contribution in [3.05, 3.63) is 70.3 Å². The molecule has 0 aliphatic carbocycles. The zero-order valence-corrected chi connectivity index (χ0v) is 13.4. The Labute approximate surface area is 134 Å². The van der Waals surface area contributed by atoms with Crippen molar-refractivity contribution in [1.29, 1.82) is 0 Å². The molecule has 0 aliphatic heterocycles. The first-order valence-electron chi connectivity index (χ1n) is 7.18. The maximum absolute atomic E-state index is 5.36. The summed E-state index contributed by atoms with van der Waals surface area (Å²) in [6.07, 6.45) is 0. The van der Waals surface area contributed by atoms with E-state index in [1.165, 1.54) is 11.1 Å². The molecule has 0 amide bonds. The van der Waals surface area contributed by atoms with Gasteiger partial charge in [0.25, 0.3) is 0 Å². The number of hydrogen-bond donors (Lipinski definition) is 2. The Balaban J connectivity index is 1.88. The predicted octanol–water partition coefficient (Wildman–Crippen LogP) is 4.16. The normalized spacial score (nSPS) is 10.6. The molecule has 0 bridgehead atoms. The molecule has 1 heterocycles. The zero-order valence-electron chi connectivity index (χ0n) is 12.6. The molecule has 0 fully saturated rings. The van der Waals surface area contributed by atoms with Crippen LogP contribution in [0.15, 0.2) is 48.5 Å². The van der Waals surface area contributed by atoms with Crippen molar-refractivity contribution in [3.8, 4) is 5.69 Å². The van der Waals surface area contributed by atoms with E-state index in [2.05, 4.69) is 65.8 Å². The van der Waals surface area contributed by atoms with Crippen molar-refractivity contribution in [3.63, 3.8) is 0 Å². The highest BCUT2D eigenvalue weighted by Crippen LogP contribution is 2.16. The quantitative estimate of drug-likeness (QED) is 0.711. The standard InChI is InChI=1S/C17H18N4S/c1-12-7-9-14(10-8-12)21-16(19-20-17(21)22)11-18-15-6-4-3-5-13(15)2/h3-10,18H,11H2,1-2H3,(H,20,22). The lowest BCUT2D eigenvalue weighted by Crippen LogP contribution is -2.08. The fourth-order valence-electron chi connectivity index (χ4n) is 2.35. The van der Waals surface area contributed by atoms with Gasteiger partial charge in [-0.15, -0.1) is 0 Å². The van der Waals surface area contributed by atoms with Crippen molar-refractivity contribution in [2.75, 3.05) is 5.32 Å². The molecule has 0 radical (unpaired) electrons. The number of para-hydroxylation sites is 1. The number of hydrogen-bond acceptors (Lipinski definition) is 3. The van der Waals surface area contributed by atoms with Gasteiger partial charge in [-0.2, -0.15) is 5.10 Å². The van der Waals surface area contributed by atoms with Crippen LogP contribution in [0.1, 0.15) is 17.0 Å². The van der Waals surface area contributed by atoms with Gasteiger partial charge < -0.3 is 5.32 Å². The summed E-state index contributed by atoms with van der Waals surface area (Å²) < 4.78 is 2.56. The van der Waals surface area contributed by atoms with Crippen LogP contribution < -0.4 is 5.32 Å². The molecule has 0 aliphatic rings. The molecule has 2 N–H and O–H groups in total. The van der Waals surface area contributed by atoms with Crippen molar-refractivity contribution in [1.82, 2.24) is 14.8 Å². The van der Waals surface area contributed by atoms with Crippen LogP contribution in [0, 0.1) is 18.6 Å². The largest absolute Gasteiger partial charge is 0.378 e. The molecular weight excluding hydrogens is 292 g/mol. The molecule has 0 saturated carbocycles. The van der Waals surface area contributed by atoms with Crippen molar-refractivity contribution >= 4 is 17.9 Å². The fourth-order valence-corrected chi connectivity index (χ4v) is 2.61. The Hall–Kier alpha value is -2.40. The van der Waals surface area contributed by atoms with Gasteiger partial charge in [-0.25, -0.2) is 0 Å². The second kappa shape index (κ2) is 6.15. The third-order valence-corrected chi connectivity index (χ3v) is 3.89. The summed E-state index contributed by atoms with van der Waals surface area (Å²) in [5, 5.41) is 10.6. The number of nitrogens with zero attached hydrogens (tertiary/aromatic N) is 2. The number of rotatable bonds is 4. The number of aromatic nitrogens is 3. The minimum Gasteiger partial charge on any atom is -0.378 e. The van der Waals surface area contributed by atoms with Gasteiger partial charge in [0.15, 0.2) is 10.6 Å². The smallest absolute Gasteiger partial charge is 0.199 e. The second-order valence-corrected chi connectivity index (χ2v) is 5.67. The Morgan fingerprint density at radius 1 is 1.09 bits per heavy atom. The molecule has 0 spiro atoms. The Morgan fingerprint density at radius 3 is 2.55 bits per heavy atom. The summed E-state index contributed by atoms with van der Waals surface area (Å²) in [4.78, 5) is 0. The summed E-state index contributed by atoms with van der Waals surface area (Å²) in [6.45, 7) is 4.75. The number of anilines is 1. The number of aryl methyl sites for hydroxylation is 2. The number of H-pyrrole nitrogens is 1. The molecule has 1 aromatic heterocycles. The van der Waals surface area contributed by atoms with Crippen LogP contribution >= 0.6 is 12.2 Å². The number of benzene rings is 2. The highest BCUT2D eigenvalue weighted by Gasteiger charge is 2.08. The van der Waals surface area contributed by atoms with E-state index < -0.39 is 0 Å². The van der Waals surface area contributed by atoms with Crippen LogP contribution in [0.3, 0.4) is 0 Å². The van der Waals surface area contributed by atoms with Gasteiger partial charge >= 0.3 is 0 Å². The van der Waals surface area contributed by atoms with E-state index in [0.717, 1.165) is 17.2 Å². The summed E-state index contributed by atoms with van der Waals surface area (Å²) in [6, 6.07) is 16.4. The van der Waals surface area contributed by atoms with Crippen LogP contribution in [0.25, 0.3) is 5.69 Å². The molecule has 2 aromatic carbocycles. The average Bonchev–Trinajstić information content (AvgIpc) is 2.88. The van der Waals surface area contributed by atoms with Gasteiger partial charge in [-0.05, 0) is 49.8 Å². The first kappa shape index (κ1) is 14.5. The maximum Gasteiger partial charge on any atom is 0.199 e. The molecule has 0 unspecified atom stereocenters. The van der Waals surface area contributed by atoms with Crippen molar-refractivity contribution < 1.29 is 0 Å². The summed E-state index contributed by atoms with van der Waals surface area (Å²) in [5.74, 6) is 0.858. The topological polar surface area (TPSA) is 45.6 Å². The predicted molar refractivity (Wildman–Crippen MR) is 92.0 cm³/mol. The molecule has 5 heteroatoms. The summed E-state index contributed by atoms with van der Waals surface area (Å²) in [5.41, 5.74) is 4.55. The molecule has 22 heavy (non-hydrogen) atoms. The van der Waals surface area contributed by atoms with E-state index in [1.807, 2.05) is 16.7 Å². The van der Waals surface area contributed by atoms with Gasteiger partial charge in [0.05, 0.1) is 6.54 Å². The van der Waals surface area contributed by atoms with Crippen LogP contribution in [0.5, 0.6) is 0 Å². The van der Waals surface area contributed by atoms with E-state index in [1.54, 1.807) is 0 Å². The Bertz CT molecular complexity index is 830. The lowest BCUT2D eigenvalue weighted by molar-refractivity contribution is 0.886. The Morgan fingerprint density at radius 2 is 1.82 bits per heavy atom. The maximum atomic E-state index is 5.36. The van der Waals surface area contributed by atoms with Crippen molar-refractivity contribution in [2.45, 2.75) is 20.4 Å². The second-order valence-electron chi connectivity index (χ2n) is 5.28. The molecule has 4 nitrogen and oxygen atoms in total. The molecule has 3 rings (SSSR count). The minimum absolute atomic E-state index is 0.602. The van der Waals surface area contributed by atoms with E-state index in [9.17, 15) is 0 Å². The van der Waals surface area contributed by atoms with E-state index in [0.29, 0.717) is 11.3 Å². The fraction of sp³-hybridized carbons (Fsp3) is 0.176. The number of nitrogens with one attached hydrogen (secondary N) is 2. The van der Waals surface area contributed by atoms with Gasteiger partial charge in [0, 0.05) is 11.4 Å². The number of aromatic amines is 1. The third kappa shape index (κ3) is 2.94. The van der Waals surface area contributed by atoms with Gasteiger partial charge in [-0.3, -0.25) is 9.67 Å². The van der Waals surface area contributed by atoms with Crippen LogP contribution in [0.4, 0.5) is 5.69 Å². The summed E-state index contributed by atoms with van der Waals surface area (Å²) in [7, 11) is 0. The lowest BCUT2D eigenvalue weighted by Gasteiger charge is -2.10. The summed E-state index contributed by atoms with van der Waals surface area (Å²) >= 11 is 5.36. The highest BCUT2D eigenvalue weighted by molar-refractivity contribution is 7.71. The SMILES string of the molecule is Cc1ccc(-n2c(CNc3ccccc3C)n[nH]c2=S)cc1. The van der Waals surface area contributed by atoms with Gasteiger partial charge in [-0.1, -0.05) is 35.9 Å². The monoisotopic (exact) mass is 310 g/mol. The van der Waals surface area contributed by atoms with Crippen LogP contribution in [-0.2, 0) is 6.54 Å². The van der Waals surface area contributed by atoms with Crippen LogP contribution in [-0.4, -0.2) is 14.8 Å². The molecule has 112 valence electrons. The third-order valence-electron chi connectivity index (χ3n) is 3.62. The molecular formula is C17H18N4S. The lowest BCUT2D eigenvalue weighted by atomic mass is 10.2. The molecule has 0 atom stereocenters.